The van der Waals surface area contributed by atoms with Crippen molar-refractivity contribution in [3.8, 4) is 5.75 Å². The Morgan fingerprint density at radius 2 is 2.00 bits per heavy atom. The number of carbonyl (C=O) groups excluding carboxylic acids is 1. The Hall–Kier alpha value is -1.96. The first-order chi connectivity index (χ1) is 12.3. The Bertz CT molecular complexity index is 564. The number of nitrogens with zero attached hydrogens (tertiary/aromatic N) is 1. The van der Waals surface area contributed by atoms with Crippen molar-refractivity contribution in [2.45, 2.75) is 39.0 Å². The van der Waals surface area contributed by atoms with Crippen LogP contribution in [0.15, 0.2) is 24.3 Å². The van der Waals surface area contributed by atoms with E-state index >= 15 is 0 Å². The molecule has 0 aromatic heterocycles. The van der Waals surface area contributed by atoms with Crippen LogP contribution >= 0.6 is 0 Å². The molecular weight excluding hydrogens is 347 g/mol. The molecule has 1 heterocycles. The van der Waals surface area contributed by atoms with E-state index in [1.807, 2.05) is 0 Å². The Kier molecular flexibility index (Phi) is 7.56. The van der Waals surface area contributed by atoms with E-state index in [1.54, 1.807) is 0 Å². The number of hydrogen-bond donors (Lipinski definition) is 2. The fourth-order valence-electron chi connectivity index (χ4n) is 3.07. The highest BCUT2D eigenvalue weighted by atomic mass is 19.4. The Labute approximate surface area is 151 Å². The average molecular weight is 373 g/mol. The smallest absolute Gasteiger partial charge is 0.406 e. The van der Waals surface area contributed by atoms with Gasteiger partial charge in [-0.05, 0) is 69.0 Å². The van der Waals surface area contributed by atoms with Gasteiger partial charge in [-0.3, -0.25) is 0 Å². The van der Waals surface area contributed by atoms with Crippen LogP contribution in [0.25, 0.3) is 0 Å². The highest BCUT2D eigenvalue weighted by molar-refractivity contribution is 5.89. The van der Waals surface area contributed by atoms with Crippen LogP contribution in [0.1, 0.15) is 32.6 Å². The number of anilines is 1. The fraction of sp³-hybridized carbons (Fsp3) is 0.611. The van der Waals surface area contributed by atoms with Gasteiger partial charge in [0, 0.05) is 18.8 Å². The zero-order valence-electron chi connectivity index (χ0n) is 14.9. The van der Waals surface area contributed by atoms with E-state index in [0.29, 0.717) is 12.2 Å². The van der Waals surface area contributed by atoms with Gasteiger partial charge in [-0.15, -0.1) is 13.2 Å². The van der Waals surface area contributed by atoms with Gasteiger partial charge in [-0.25, -0.2) is 4.79 Å². The second-order valence-corrected chi connectivity index (χ2v) is 6.71. The lowest BCUT2D eigenvalue weighted by Crippen LogP contribution is -2.35. The van der Waals surface area contributed by atoms with Crippen LogP contribution < -0.4 is 15.4 Å². The number of carbonyl (C=O) groups is 1. The topological polar surface area (TPSA) is 53.6 Å². The first-order valence-corrected chi connectivity index (χ1v) is 8.95. The molecule has 2 N–H and O–H groups in total. The minimum absolute atomic E-state index is 0.324. The third kappa shape index (κ3) is 7.95. The summed E-state index contributed by atoms with van der Waals surface area (Å²) in [7, 11) is 0. The van der Waals surface area contributed by atoms with Crippen LogP contribution in [0, 0.1) is 5.92 Å². The third-order valence-electron chi connectivity index (χ3n) is 4.27. The molecule has 8 heteroatoms. The minimum Gasteiger partial charge on any atom is -0.406 e. The Balaban J connectivity index is 1.60. The van der Waals surface area contributed by atoms with E-state index in [0.717, 1.165) is 50.5 Å². The first kappa shape index (κ1) is 20.4. The molecule has 1 aromatic rings. The molecule has 0 bridgehead atoms. The van der Waals surface area contributed by atoms with Crippen molar-refractivity contribution in [2.24, 2.45) is 5.92 Å². The lowest BCUT2D eigenvalue weighted by molar-refractivity contribution is -0.274. The number of urea groups is 1. The number of nitrogens with one attached hydrogen (secondary N) is 2. The quantitative estimate of drug-likeness (QED) is 0.704. The highest BCUT2D eigenvalue weighted by Gasteiger charge is 2.30. The number of ether oxygens (including phenoxy) is 1. The summed E-state index contributed by atoms with van der Waals surface area (Å²) in [5.41, 5.74) is 0.402. The van der Waals surface area contributed by atoms with Crippen LogP contribution in [0.3, 0.4) is 0 Å². The number of hydrogen-bond acceptors (Lipinski definition) is 3. The summed E-state index contributed by atoms with van der Waals surface area (Å²) in [5.74, 6) is 0.441. The van der Waals surface area contributed by atoms with Gasteiger partial charge >= 0.3 is 12.4 Å². The largest absolute Gasteiger partial charge is 0.573 e. The summed E-state index contributed by atoms with van der Waals surface area (Å²) in [4.78, 5) is 14.3. The lowest BCUT2D eigenvalue weighted by Gasteiger charge is -2.30. The fourth-order valence-corrected chi connectivity index (χ4v) is 3.07. The zero-order valence-corrected chi connectivity index (χ0v) is 14.9. The maximum absolute atomic E-state index is 12.1. The molecule has 2 rings (SSSR count). The first-order valence-electron chi connectivity index (χ1n) is 8.95. The van der Waals surface area contributed by atoms with Crippen molar-refractivity contribution in [2.75, 3.05) is 31.5 Å². The number of unbranched alkanes of at least 4 members (excludes halogenated alkanes) is 1. The van der Waals surface area contributed by atoms with E-state index in [9.17, 15) is 18.0 Å². The van der Waals surface area contributed by atoms with Crippen LogP contribution in [0.4, 0.5) is 23.7 Å². The Morgan fingerprint density at radius 3 is 2.65 bits per heavy atom. The predicted molar refractivity (Wildman–Crippen MR) is 94.2 cm³/mol. The molecule has 1 aromatic carbocycles. The maximum atomic E-state index is 12.1. The summed E-state index contributed by atoms with van der Waals surface area (Å²) in [5, 5.41) is 5.33. The van der Waals surface area contributed by atoms with Gasteiger partial charge in [0.2, 0.25) is 0 Å². The van der Waals surface area contributed by atoms with Gasteiger partial charge in [0.25, 0.3) is 0 Å². The van der Waals surface area contributed by atoms with E-state index < -0.39 is 6.36 Å². The van der Waals surface area contributed by atoms with E-state index in [4.69, 9.17) is 0 Å². The van der Waals surface area contributed by atoms with Crippen molar-refractivity contribution in [3.05, 3.63) is 24.3 Å². The van der Waals surface area contributed by atoms with Gasteiger partial charge < -0.3 is 20.3 Å². The van der Waals surface area contributed by atoms with Crippen LogP contribution in [0.2, 0.25) is 0 Å². The summed E-state index contributed by atoms with van der Waals surface area (Å²) < 4.78 is 40.0. The zero-order chi connectivity index (χ0) is 19.0. The number of alkyl halides is 3. The van der Waals surface area contributed by atoms with Crippen molar-refractivity contribution < 1.29 is 22.7 Å². The van der Waals surface area contributed by atoms with E-state index in [1.165, 1.54) is 25.0 Å². The molecule has 2 amide bonds. The van der Waals surface area contributed by atoms with Crippen LogP contribution in [0.5, 0.6) is 5.75 Å². The molecule has 146 valence electrons. The van der Waals surface area contributed by atoms with E-state index in [2.05, 4.69) is 27.2 Å². The molecular formula is C18H26F3N3O2. The summed E-state index contributed by atoms with van der Waals surface area (Å²) >= 11 is 0. The highest BCUT2D eigenvalue weighted by Crippen LogP contribution is 2.23. The van der Waals surface area contributed by atoms with Crippen molar-refractivity contribution in [1.82, 2.24) is 10.2 Å². The number of halogens is 3. The standard InChI is InChI=1S/C18H26F3N3O2/c1-14-5-4-12-24(13-14)11-3-2-10-22-17(25)23-15-6-8-16(9-7-15)26-18(19,20)21/h6-9,14H,2-5,10-13H2,1H3,(H2,22,23,25). The molecule has 1 aliphatic heterocycles. The molecule has 1 fully saturated rings. The molecule has 1 saturated heterocycles. The minimum atomic E-state index is -4.72. The number of piperidine rings is 1. The molecule has 0 spiro atoms. The molecule has 1 unspecified atom stereocenters. The van der Waals surface area contributed by atoms with Gasteiger partial charge in [-0.2, -0.15) is 0 Å². The van der Waals surface area contributed by atoms with Crippen molar-refractivity contribution >= 4 is 11.7 Å². The number of benzene rings is 1. The number of rotatable bonds is 7. The second kappa shape index (κ2) is 9.66. The average Bonchev–Trinajstić information content (AvgIpc) is 2.55. The van der Waals surface area contributed by atoms with Gasteiger partial charge in [0.15, 0.2) is 0 Å². The van der Waals surface area contributed by atoms with Gasteiger partial charge in [0.05, 0.1) is 0 Å². The van der Waals surface area contributed by atoms with Crippen molar-refractivity contribution in [1.29, 1.82) is 0 Å². The summed E-state index contributed by atoms with van der Waals surface area (Å²) in [6.07, 6.45) is -0.248. The molecule has 0 radical (unpaired) electrons. The third-order valence-corrected chi connectivity index (χ3v) is 4.27. The lowest BCUT2D eigenvalue weighted by atomic mass is 10.0. The van der Waals surface area contributed by atoms with Gasteiger partial charge in [0.1, 0.15) is 5.75 Å². The number of amides is 2. The van der Waals surface area contributed by atoms with Gasteiger partial charge in [-0.1, -0.05) is 6.92 Å². The normalized spacial score (nSPS) is 18.4. The number of likely N-dealkylation sites (tertiary alicyclic amines) is 1. The molecule has 26 heavy (non-hydrogen) atoms. The van der Waals surface area contributed by atoms with Crippen LogP contribution in [-0.4, -0.2) is 43.5 Å². The monoisotopic (exact) mass is 373 g/mol. The molecule has 5 nitrogen and oxygen atoms in total. The molecule has 1 aliphatic rings. The summed E-state index contributed by atoms with van der Waals surface area (Å²) in [6, 6.07) is 4.66. The molecule has 0 saturated carbocycles. The SMILES string of the molecule is CC1CCCN(CCCCNC(=O)Nc2ccc(OC(F)(F)F)cc2)C1. The Morgan fingerprint density at radius 1 is 1.27 bits per heavy atom. The van der Waals surface area contributed by atoms with E-state index in [-0.39, 0.29) is 11.8 Å². The molecule has 1 atom stereocenters. The van der Waals surface area contributed by atoms with Crippen LogP contribution in [-0.2, 0) is 0 Å². The van der Waals surface area contributed by atoms with Crippen molar-refractivity contribution in [3.63, 3.8) is 0 Å². The summed E-state index contributed by atoms with van der Waals surface area (Å²) in [6.45, 7) is 6.20. The molecule has 0 aliphatic carbocycles. The predicted octanol–water partition coefficient (Wildman–Crippen LogP) is 4.22. The maximum Gasteiger partial charge on any atom is 0.573 e. The second-order valence-electron chi connectivity index (χ2n) is 6.71.